The molecule has 0 aliphatic rings. The molecule has 0 unspecified atom stereocenters. The molecule has 16 heavy (non-hydrogen) atoms. The van der Waals surface area contributed by atoms with E-state index in [4.69, 9.17) is 0 Å². The third kappa shape index (κ3) is 11.2. The Morgan fingerprint density at radius 1 is 0.875 bits per heavy atom. The maximum Gasteiger partial charge on any atom is 0.226 e. The average molecular weight is 227 g/mol. The van der Waals surface area contributed by atoms with Crippen LogP contribution in [-0.2, 0) is 9.59 Å². The van der Waals surface area contributed by atoms with Crippen molar-refractivity contribution in [3.05, 3.63) is 0 Å². The Bertz CT molecular complexity index is 202. The number of unbranched alkanes of at least 4 members (excludes halogenated alkanes) is 7. The van der Waals surface area contributed by atoms with E-state index in [1.54, 1.807) is 0 Å². The predicted molar refractivity (Wildman–Crippen MR) is 66.1 cm³/mol. The van der Waals surface area contributed by atoms with Crippen LogP contribution in [0.5, 0.6) is 0 Å². The Kier molecular flexibility index (Phi) is 10.1. The lowest BCUT2D eigenvalue weighted by Crippen LogP contribution is -2.27. The van der Waals surface area contributed by atoms with Crippen molar-refractivity contribution in [1.29, 1.82) is 0 Å². The lowest BCUT2D eigenvalue weighted by atomic mass is 10.1. The smallest absolute Gasteiger partial charge is 0.226 e. The lowest BCUT2D eigenvalue weighted by molar-refractivity contribution is -0.129. The highest BCUT2D eigenvalue weighted by atomic mass is 16.2. The van der Waals surface area contributed by atoms with Gasteiger partial charge in [0.15, 0.2) is 0 Å². The number of rotatable bonds is 9. The van der Waals surface area contributed by atoms with Gasteiger partial charge in [0.1, 0.15) is 0 Å². The van der Waals surface area contributed by atoms with E-state index in [-0.39, 0.29) is 11.8 Å². The van der Waals surface area contributed by atoms with Crippen LogP contribution in [0.4, 0.5) is 0 Å². The molecule has 0 saturated heterocycles. The van der Waals surface area contributed by atoms with Gasteiger partial charge in [0, 0.05) is 13.3 Å². The number of carbonyl (C=O) groups excluding carboxylic acids is 2. The standard InChI is InChI=1S/C13H25NO2/c1-3-4-5-6-7-8-9-10-11-13(16)14-12(2)15/h3-11H2,1-2H3,(H,14,15,16). The molecule has 0 fully saturated rings. The van der Waals surface area contributed by atoms with Gasteiger partial charge < -0.3 is 0 Å². The second-order valence-corrected chi connectivity index (χ2v) is 4.33. The van der Waals surface area contributed by atoms with Gasteiger partial charge in [0.2, 0.25) is 11.8 Å². The van der Waals surface area contributed by atoms with Crippen LogP contribution in [0.1, 0.15) is 71.6 Å². The molecule has 0 heterocycles. The van der Waals surface area contributed by atoms with E-state index in [2.05, 4.69) is 12.2 Å². The van der Waals surface area contributed by atoms with Gasteiger partial charge in [-0.3, -0.25) is 14.9 Å². The summed E-state index contributed by atoms with van der Waals surface area (Å²) in [6.07, 6.45) is 10.2. The third-order valence-corrected chi connectivity index (χ3v) is 2.57. The van der Waals surface area contributed by atoms with Crippen LogP contribution in [0, 0.1) is 0 Å². The predicted octanol–water partition coefficient (Wildman–Crippen LogP) is 3.18. The van der Waals surface area contributed by atoms with Crippen LogP contribution in [-0.4, -0.2) is 11.8 Å². The van der Waals surface area contributed by atoms with Crippen molar-refractivity contribution in [2.45, 2.75) is 71.6 Å². The fourth-order valence-electron chi connectivity index (χ4n) is 1.68. The van der Waals surface area contributed by atoms with Gasteiger partial charge >= 0.3 is 0 Å². The van der Waals surface area contributed by atoms with Crippen LogP contribution < -0.4 is 5.32 Å². The van der Waals surface area contributed by atoms with Crippen molar-refractivity contribution in [1.82, 2.24) is 5.32 Å². The molecular formula is C13H25NO2. The summed E-state index contributed by atoms with van der Waals surface area (Å²) in [6, 6.07) is 0. The first kappa shape index (κ1) is 15.1. The number of imide groups is 1. The Labute approximate surface area is 99.0 Å². The summed E-state index contributed by atoms with van der Waals surface area (Å²) in [5.74, 6) is -0.400. The summed E-state index contributed by atoms with van der Waals surface area (Å²) in [7, 11) is 0. The normalized spacial score (nSPS) is 10.1. The summed E-state index contributed by atoms with van der Waals surface area (Å²) >= 11 is 0. The van der Waals surface area contributed by atoms with E-state index < -0.39 is 0 Å². The Morgan fingerprint density at radius 3 is 1.88 bits per heavy atom. The maximum atomic E-state index is 11.1. The van der Waals surface area contributed by atoms with Crippen molar-refractivity contribution in [3.8, 4) is 0 Å². The van der Waals surface area contributed by atoms with Crippen molar-refractivity contribution in [2.24, 2.45) is 0 Å². The molecule has 0 rings (SSSR count). The zero-order valence-electron chi connectivity index (χ0n) is 10.7. The molecule has 3 heteroatoms. The highest BCUT2D eigenvalue weighted by molar-refractivity contribution is 5.93. The Hall–Kier alpha value is -0.860. The summed E-state index contributed by atoms with van der Waals surface area (Å²) < 4.78 is 0. The molecule has 0 saturated carbocycles. The number of nitrogens with one attached hydrogen (secondary N) is 1. The summed E-state index contributed by atoms with van der Waals surface area (Å²) in [5, 5.41) is 2.28. The number of hydrogen-bond donors (Lipinski definition) is 1. The van der Waals surface area contributed by atoms with E-state index in [0.717, 1.165) is 12.8 Å². The Balaban J connectivity index is 3.14. The fourth-order valence-corrected chi connectivity index (χ4v) is 1.68. The zero-order chi connectivity index (χ0) is 12.2. The van der Waals surface area contributed by atoms with Gasteiger partial charge in [-0.2, -0.15) is 0 Å². The molecular weight excluding hydrogens is 202 g/mol. The van der Waals surface area contributed by atoms with Gasteiger partial charge in [-0.05, 0) is 6.42 Å². The van der Waals surface area contributed by atoms with Crippen molar-refractivity contribution < 1.29 is 9.59 Å². The second-order valence-electron chi connectivity index (χ2n) is 4.33. The van der Waals surface area contributed by atoms with Crippen molar-refractivity contribution in [2.75, 3.05) is 0 Å². The molecule has 0 aromatic carbocycles. The van der Waals surface area contributed by atoms with E-state index in [1.807, 2.05) is 0 Å². The van der Waals surface area contributed by atoms with Crippen LogP contribution in [0.3, 0.4) is 0 Å². The van der Waals surface area contributed by atoms with Gasteiger partial charge in [0.05, 0.1) is 0 Å². The number of carbonyl (C=O) groups is 2. The van der Waals surface area contributed by atoms with E-state index in [9.17, 15) is 9.59 Å². The fraction of sp³-hybridized carbons (Fsp3) is 0.846. The molecule has 0 aliphatic heterocycles. The zero-order valence-corrected chi connectivity index (χ0v) is 10.7. The Morgan fingerprint density at radius 2 is 1.38 bits per heavy atom. The molecule has 2 amide bonds. The van der Waals surface area contributed by atoms with Crippen LogP contribution in [0.15, 0.2) is 0 Å². The monoisotopic (exact) mass is 227 g/mol. The topological polar surface area (TPSA) is 46.2 Å². The largest absolute Gasteiger partial charge is 0.297 e. The summed E-state index contributed by atoms with van der Waals surface area (Å²) in [4.78, 5) is 21.7. The first-order valence-electron chi connectivity index (χ1n) is 6.47. The first-order valence-corrected chi connectivity index (χ1v) is 6.47. The molecule has 94 valence electrons. The van der Waals surface area contributed by atoms with Crippen LogP contribution in [0.25, 0.3) is 0 Å². The van der Waals surface area contributed by atoms with Crippen LogP contribution >= 0.6 is 0 Å². The maximum absolute atomic E-state index is 11.1. The van der Waals surface area contributed by atoms with E-state index >= 15 is 0 Å². The van der Waals surface area contributed by atoms with Crippen LogP contribution in [0.2, 0.25) is 0 Å². The molecule has 3 nitrogen and oxygen atoms in total. The molecule has 0 aromatic heterocycles. The molecule has 0 aliphatic carbocycles. The molecule has 0 bridgehead atoms. The van der Waals surface area contributed by atoms with Crippen molar-refractivity contribution >= 4 is 11.8 Å². The van der Waals surface area contributed by atoms with E-state index in [0.29, 0.717) is 6.42 Å². The first-order chi connectivity index (χ1) is 7.66. The molecule has 0 spiro atoms. The van der Waals surface area contributed by atoms with Gasteiger partial charge in [-0.15, -0.1) is 0 Å². The van der Waals surface area contributed by atoms with Gasteiger partial charge in [-0.1, -0.05) is 51.9 Å². The van der Waals surface area contributed by atoms with Gasteiger partial charge in [0.25, 0.3) is 0 Å². The molecule has 1 N–H and O–H groups in total. The molecule has 0 radical (unpaired) electrons. The summed E-state index contributed by atoms with van der Waals surface area (Å²) in [5.41, 5.74) is 0. The molecule has 0 aromatic rings. The molecule has 0 atom stereocenters. The highest BCUT2D eigenvalue weighted by Gasteiger charge is 2.02. The average Bonchev–Trinajstić information content (AvgIpc) is 2.21. The third-order valence-electron chi connectivity index (χ3n) is 2.57. The summed E-state index contributed by atoms with van der Waals surface area (Å²) in [6.45, 7) is 3.58. The number of amides is 2. The van der Waals surface area contributed by atoms with Gasteiger partial charge in [-0.25, -0.2) is 0 Å². The lowest BCUT2D eigenvalue weighted by Gasteiger charge is -2.02. The minimum Gasteiger partial charge on any atom is -0.297 e. The minimum atomic E-state index is -0.260. The van der Waals surface area contributed by atoms with E-state index in [1.165, 1.54) is 45.4 Å². The SMILES string of the molecule is CCCCCCCCCCC(=O)NC(C)=O. The second kappa shape index (κ2) is 10.7. The quantitative estimate of drug-likeness (QED) is 0.615. The van der Waals surface area contributed by atoms with Crippen molar-refractivity contribution in [3.63, 3.8) is 0 Å². The number of hydrogen-bond acceptors (Lipinski definition) is 2. The minimum absolute atomic E-state index is 0.140. The highest BCUT2D eigenvalue weighted by Crippen LogP contribution is 2.09.